The van der Waals surface area contributed by atoms with Crippen LogP contribution in [0.5, 0.6) is 5.75 Å². The minimum Gasteiger partial charge on any atom is -0.489 e. The van der Waals surface area contributed by atoms with Gasteiger partial charge in [0.2, 0.25) is 10.9 Å². The summed E-state index contributed by atoms with van der Waals surface area (Å²) in [5.41, 5.74) is 1.62. The molecular formula is C15H15NO6S. The fraction of sp³-hybridized carbons (Fsp3) is 0.267. The zero-order chi connectivity index (χ0) is 16.8. The van der Waals surface area contributed by atoms with Gasteiger partial charge in [-0.25, -0.2) is 4.79 Å². The largest absolute Gasteiger partial charge is 0.489 e. The van der Waals surface area contributed by atoms with Crippen LogP contribution in [-0.2, 0) is 10.0 Å². The van der Waals surface area contributed by atoms with E-state index in [0.717, 1.165) is 5.56 Å². The normalized spacial score (nSPS) is 14.3. The lowest BCUT2D eigenvalue weighted by Crippen LogP contribution is -2.37. The van der Waals surface area contributed by atoms with Crippen LogP contribution in [0.3, 0.4) is 0 Å². The maximum absolute atomic E-state index is 12.8. The zero-order valence-corrected chi connectivity index (χ0v) is 13.4. The summed E-state index contributed by atoms with van der Waals surface area (Å²) in [4.78, 5) is 11.1. The van der Waals surface area contributed by atoms with Gasteiger partial charge in [0, 0.05) is 11.6 Å². The Hall–Kier alpha value is -2.48. The van der Waals surface area contributed by atoms with E-state index in [2.05, 4.69) is 0 Å². The second-order valence-corrected chi connectivity index (χ2v) is 7.07. The maximum atomic E-state index is 12.8. The van der Waals surface area contributed by atoms with Crippen molar-refractivity contribution in [2.45, 2.75) is 18.9 Å². The molecule has 0 fully saturated rings. The summed E-state index contributed by atoms with van der Waals surface area (Å²) >= 11 is 0. The number of carbonyl (C=O) groups is 1. The highest BCUT2D eigenvalue weighted by Gasteiger charge is 2.33. The number of aryl methyl sites for hydroxylation is 2. The van der Waals surface area contributed by atoms with Crippen molar-refractivity contribution in [3.63, 3.8) is 0 Å². The Morgan fingerprint density at radius 1 is 1.26 bits per heavy atom. The maximum Gasteiger partial charge on any atom is 0.372 e. The first-order chi connectivity index (χ1) is 10.8. The van der Waals surface area contributed by atoms with E-state index < -0.39 is 16.0 Å². The summed E-state index contributed by atoms with van der Waals surface area (Å²) in [5.74, 6) is -1.20. The number of hydrogen-bond donors (Lipinski definition) is 1. The van der Waals surface area contributed by atoms with Crippen molar-refractivity contribution in [1.29, 1.82) is 0 Å². The number of anilines is 1. The van der Waals surface area contributed by atoms with Gasteiger partial charge < -0.3 is 14.3 Å². The van der Waals surface area contributed by atoms with Crippen LogP contribution >= 0.6 is 0 Å². The van der Waals surface area contributed by atoms with Crippen molar-refractivity contribution in [3.8, 4) is 5.75 Å². The summed E-state index contributed by atoms with van der Waals surface area (Å²) in [7, 11) is -4.00. The highest BCUT2D eigenvalue weighted by atomic mass is 32.2. The van der Waals surface area contributed by atoms with Gasteiger partial charge in [-0.05, 0) is 31.5 Å². The molecule has 2 aromatic rings. The number of furan rings is 1. The highest BCUT2D eigenvalue weighted by molar-refractivity contribution is 7.92. The quantitative estimate of drug-likeness (QED) is 0.922. The van der Waals surface area contributed by atoms with Crippen molar-refractivity contribution >= 4 is 21.7 Å². The van der Waals surface area contributed by atoms with Crippen molar-refractivity contribution in [2.24, 2.45) is 0 Å². The smallest absolute Gasteiger partial charge is 0.372 e. The Morgan fingerprint density at radius 2 is 2.00 bits per heavy atom. The molecule has 0 unspecified atom stereocenters. The van der Waals surface area contributed by atoms with E-state index >= 15 is 0 Å². The number of rotatable bonds is 3. The molecule has 0 atom stereocenters. The van der Waals surface area contributed by atoms with E-state index in [1.165, 1.54) is 17.3 Å². The first kappa shape index (κ1) is 15.4. The SMILES string of the molecule is Cc1ccc2c(c1)OCCN2S(=O)(=O)c1cc(C)c(C(=O)O)o1. The van der Waals surface area contributed by atoms with E-state index in [1.807, 2.05) is 6.92 Å². The van der Waals surface area contributed by atoms with E-state index in [9.17, 15) is 13.2 Å². The Bertz CT molecular complexity index is 883. The molecule has 2 heterocycles. The van der Waals surface area contributed by atoms with E-state index in [-0.39, 0.29) is 29.6 Å². The number of carboxylic acid groups (broad SMARTS) is 1. The summed E-state index contributed by atoms with van der Waals surface area (Å²) < 4.78 is 37.4. The highest BCUT2D eigenvalue weighted by Crippen LogP contribution is 2.36. The lowest BCUT2D eigenvalue weighted by Gasteiger charge is -2.29. The molecule has 0 saturated carbocycles. The zero-order valence-electron chi connectivity index (χ0n) is 12.6. The fourth-order valence-electron chi connectivity index (χ4n) is 2.45. The Morgan fingerprint density at radius 3 is 2.65 bits per heavy atom. The van der Waals surface area contributed by atoms with Crippen molar-refractivity contribution < 1.29 is 27.5 Å². The molecular weight excluding hydrogens is 322 g/mol. The third-order valence-corrected chi connectivity index (χ3v) is 5.24. The monoisotopic (exact) mass is 337 g/mol. The van der Waals surface area contributed by atoms with Crippen LogP contribution in [0.2, 0.25) is 0 Å². The topological polar surface area (TPSA) is 97.0 Å². The van der Waals surface area contributed by atoms with E-state index in [0.29, 0.717) is 11.4 Å². The van der Waals surface area contributed by atoms with Crippen LogP contribution in [0.4, 0.5) is 5.69 Å². The average Bonchev–Trinajstić information content (AvgIpc) is 2.89. The van der Waals surface area contributed by atoms with Crippen LogP contribution < -0.4 is 9.04 Å². The van der Waals surface area contributed by atoms with Gasteiger partial charge in [0.15, 0.2) is 0 Å². The number of carboxylic acids is 1. The van der Waals surface area contributed by atoms with Gasteiger partial charge in [0.05, 0.1) is 12.2 Å². The second kappa shape index (κ2) is 5.31. The number of aromatic carboxylic acids is 1. The van der Waals surface area contributed by atoms with Crippen LogP contribution in [0.15, 0.2) is 33.8 Å². The molecule has 1 N–H and O–H groups in total. The molecule has 0 radical (unpaired) electrons. The summed E-state index contributed by atoms with van der Waals surface area (Å²) in [6.07, 6.45) is 0. The minimum atomic E-state index is -4.00. The molecule has 1 aliphatic rings. The molecule has 0 spiro atoms. The lowest BCUT2D eigenvalue weighted by atomic mass is 10.2. The first-order valence-corrected chi connectivity index (χ1v) is 8.34. The molecule has 8 heteroatoms. The molecule has 0 bridgehead atoms. The number of benzene rings is 1. The summed E-state index contributed by atoms with van der Waals surface area (Å²) in [5, 5.41) is 8.63. The summed E-state index contributed by atoms with van der Waals surface area (Å²) in [6.45, 7) is 3.70. The van der Waals surface area contributed by atoms with Gasteiger partial charge >= 0.3 is 5.97 Å². The number of sulfonamides is 1. The Labute approximate surface area is 133 Å². The molecule has 1 aliphatic heterocycles. The molecule has 0 saturated heterocycles. The molecule has 0 aliphatic carbocycles. The number of nitrogens with zero attached hydrogens (tertiary/aromatic N) is 1. The lowest BCUT2D eigenvalue weighted by molar-refractivity contribution is 0.0655. The molecule has 0 amide bonds. The second-order valence-electron chi connectivity index (χ2n) is 5.28. The number of hydrogen-bond acceptors (Lipinski definition) is 5. The third-order valence-electron chi connectivity index (χ3n) is 3.57. The van der Waals surface area contributed by atoms with Crippen LogP contribution in [0.25, 0.3) is 0 Å². The first-order valence-electron chi connectivity index (χ1n) is 6.90. The Balaban J connectivity index is 2.08. The minimum absolute atomic E-state index is 0.126. The average molecular weight is 337 g/mol. The van der Waals surface area contributed by atoms with Crippen LogP contribution in [0, 0.1) is 13.8 Å². The van der Waals surface area contributed by atoms with Crippen LogP contribution in [0.1, 0.15) is 21.7 Å². The van der Waals surface area contributed by atoms with Gasteiger partial charge in [-0.15, -0.1) is 0 Å². The molecule has 122 valence electrons. The van der Waals surface area contributed by atoms with Crippen molar-refractivity contribution in [1.82, 2.24) is 0 Å². The standard InChI is InChI=1S/C15H15NO6S/c1-9-3-4-11-12(7-9)21-6-5-16(11)23(19,20)13-8-10(2)14(22-13)15(17)18/h3-4,7-8H,5-6H2,1-2H3,(H,17,18). The molecule has 3 rings (SSSR count). The third kappa shape index (κ3) is 2.55. The molecule has 7 nitrogen and oxygen atoms in total. The van der Waals surface area contributed by atoms with Gasteiger partial charge in [0.1, 0.15) is 12.4 Å². The van der Waals surface area contributed by atoms with Crippen molar-refractivity contribution in [2.75, 3.05) is 17.5 Å². The molecule has 23 heavy (non-hydrogen) atoms. The molecule has 1 aromatic carbocycles. The molecule has 1 aromatic heterocycles. The van der Waals surface area contributed by atoms with Gasteiger partial charge in [0.25, 0.3) is 10.0 Å². The van der Waals surface area contributed by atoms with E-state index in [4.69, 9.17) is 14.3 Å². The van der Waals surface area contributed by atoms with Crippen molar-refractivity contribution in [3.05, 3.63) is 41.2 Å². The van der Waals surface area contributed by atoms with Gasteiger partial charge in [-0.3, -0.25) is 4.31 Å². The van der Waals surface area contributed by atoms with Crippen LogP contribution in [-0.4, -0.2) is 32.6 Å². The Kier molecular flexibility index (Phi) is 3.56. The predicted molar refractivity (Wildman–Crippen MR) is 81.6 cm³/mol. The number of ether oxygens (including phenoxy) is 1. The number of fused-ring (bicyclic) bond motifs is 1. The fourth-order valence-corrected chi connectivity index (χ4v) is 3.91. The van der Waals surface area contributed by atoms with Gasteiger partial charge in [-0.1, -0.05) is 6.07 Å². The summed E-state index contributed by atoms with van der Waals surface area (Å²) in [6, 6.07) is 6.43. The van der Waals surface area contributed by atoms with E-state index in [1.54, 1.807) is 18.2 Å². The van der Waals surface area contributed by atoms with Gasteiger partial charge in [-0.2, -0.15) is 8.42 Å². The predicted octanol–water partition coefficient (Wildman–Crippen LogP) is 2.18.